The molecule has 1 amide bonds. The number of carbonyl (C=O) groups is 1. The number of benzene rings is 1. The molecule has 1 aliphatic heterocycles. The number of carbonyl (C=O) groups excluding carboxylic acids is 1. The van der Waals surface area contributed by atoms with Gasteiger partial charge in [-0.1, -0.05) is 0 Å². The maximum absolute atomic E-state index is 13.5. The van der Waals surface area contributed by atoms with Crippen molar-refractivity contribution in [1.29, 1.82) is 0 Å². The minimum Gasteiger partial charge on any atom is -0.494 e. The first-order chi connectivity index (χ1) is 18.8. The number of rotatable bonds is 7. The fourth-order valence-corrected chi connectivity index (χ4v) is 6.57. The summed E-state index contributed by atoms with van der Waals surface area (Å²) in [5, 5.41) is 1.08. The molecule has 2 fully saturated rings. The van der Waals surface area contributed by atoms with Crippen LogP contribution in [0.2, 0.25) is 0 Å². The predicted octanol–water partition coefficient (Wildman–Crippen LogP) is 4.46. The summed E-state index contributed by atoms with van der Waals surface area (Å²) in [4.78, 5) is 25.2. The topological polar surface area (TPSA) is 100 Å². The molecule has 9 nitrogen and oxygen atoms in total. The van der Waals surface area contributed by atoms with Gasteiger partial charge in [0.2, 0.25) is 0 Å². The van der Waals surface area contributed by atoms with Crippen LogP contribution in [0.4, 0.5) is 0 Å². The number of methoxy groups -OCH3 is 2. The smallest absolute Gasteiger partial charge is 0.254 e. The van der Waals surface area contributed by atoms with Gasteiger partial charge in [0.25, 0.3) is 5.91 Å². The van der Waals surface area contributed by atoms with E-state index in [0.29, 0.717) is 23.8 Å². The van der Waals surface area contributed by atoms with Crippen LogP contribution in [0, 0.1) is 5.92 Å². The molecule has 4 aromatic rings. The number of nitrogens with zero attached hydrogens (tertiary/aromatic N) is 5. The maximum atomic E-state index is 13.5. The van der Waals surface area contributed by atoms with E-state index in [9.17, 15) is 4.79 Å². The van der Waals surface area contributed by atoms with Crippen LogP contribution in [0.1, 0.15) is 49.9 Å². The molecular weight excluding hydrogens is 492 g/mol. The van der Waals surface area contributed by atoms with Gasteiger partial charge >= 0.3 is 0 Å². The molecule has 3 aromatic heterocycles. The number of amides is 1. The number of ether oxygens (including phenoxy) is 2. The molecule has 1 atom stereocenters. The van der Waals surface area contributed by atoms with Crippen LogP contribution in [0.5, 0.6) is 5.75 Å². The summed E-state index contributed by atoms with van der Waals surface area (Å²) in [5.41, 5.74) is 10.3. The molecular formula is C30H38N6O3. The Kier molecular flexibility index (Phi) is 6.59. The number of imidazole rings is 1. The second-order valence-corrected chi connectivity index (χ2v) is 11.4. The fraction of sp³-hybridized carbons (Fsp3) is 0.500. The van der Waals surface area contributed by atoms with Gasteiger partial charge in [-0.15, -0.1) is 0 Å². The van der Waals surface area contributed by atoms with E-state index < -0.39 is 0 Å². The van der Waals surface area contributed by atoms with Gasteiger partial charge in [0.15, 0.2) is 5.82 Å². The summed E-state index contributed by atoms with van der Waals surface area (Å²) in [6, 6.07) is 10.0. The number of aryl methyl sites for hydroxylation is 1. The SMILES string of the molecule is CCn1c(-c2nc3cc(C(=O)N4CCC[C@@H](N)C4)cc(OC)c3n2C[C@H]2C[C@@](C)(OC)C2)cc2cccnc21. The van der Waals surface area contributed by atoms with Crippen molar-refractivity contribution < 1.29 is 14.3 Å². The highest BCUT2D eigenvalue weighted by atomic mass is 16.5. The average molecular weight is 531 g/mol. The third kappa shape index (κ3) is 4.47. The van der Waals surface area contributed by atoms with E-state index in [1.807, 2.05) is 29.3 Å². The second-order valence-electron chi connectivity index (χ2n) is 11.4. The van der Waals surface area contributed by atoms with E-state index in [2.05, 4.69) is 40.1 Å². The van der Waals surface area contributed by atoms with Gasteiger partial charge < -0.3 is 29.2 Å². The second kappa shape index (κ2) is 9.95. The van der Waals surface area contributed by atoms with E-state index in [4.69, 9.17) is 20.2 Å². The van der Waals surface area contributed by atoms with Crippen LogP contribution in [0.15, 0.2) is 36.5 Å². The Balaban J connectivity index is 1.50. The van der Waals surface area contributed by atoms with Crippen molar-refractivity contribution in [3.63, 3.8) is 0 Å². The lowest BCUT2D eigenvalue weighted by Crippen LogP contribution is -2.45. The van der Waals surface area contributed by atoms with Gasteiger partial charge in [0.1, 0.15) is 16.9 Å². The lowest BCUT2D eigenvalue weighted by Gasteiger charge is -2.44. The van der Waals surface area contributed by atoms with Gasteiger partial charge in [-0.05, 0) is 75.8 Å². The maximum Gasteiger partial charge on any atom is 0.254 e. The Bertz CT molecular complexity index is 1530. The molecule has 2 aliphatic rings. The highest BCUT2D eigenvalue weighted by molar-refractivity contribution is 6.00. The lowest BCUT2D eigenvalue weighted by atomic mass is 9.72. The van der Waals surface area contributed by atoms with Crippen molar-refractivity contribution in [2.45, 2.75) is 64.3 Å². The molecule has 6 rings (SSSR count). The van der Waals surface area contributed by atoms with E-state index in [1.165, 1.54) is 0 Å². The molecule has 1 aliphatic carbocycles. The standard InChI is InChI=1S/C30H38N6O3/c1-5-35-24(13-20-8-6-10-32-27(20)35)28-33-23-12-21(29(37)34-11-7-9-22(31)18-34)14-25(38-3)26(23)36(28)17-19-15-30(2,16-19)39-4/h6,8,10,12-14,19,22H,5,7,9,11,15-18,31H2,1-4H3/t19-,22-,30+/m1/s1. The van der Waals surface area contributed by atoms with Gasteiger partial charge in [-0.2, -0.15) is 0 Å². The van der Waals surface area contributed by atoms with Crippen LogP contribution in [-0.4, -0.2) is 68.9 Å². The van der Waals surface area contributed by atoms with Crippen molar-refractivity contribution in [3.8, 4) is 17.3 Å². The number of piperidine rings is 1. The predicted molar refractivity (Wildman–Crippen MR) is 152 cm³/mol. The molecule has 1 aromatic carbocycles. The zero-order valence-electron chi connectivity index (χ0n) is 23.3. The molecule has 0 radical (unpaired) electrons. The summed E-state index contributed by atoms with van der Waals surface area (Å²) < 4.78 is 16.2. The molecule has 9 heteroatoms. The van der Waals surface area contributed by atoms with Crippen molar-refractivity contribution >= 4 is 28.0 Å². The Morgan fingerprint density at radius 1 is 1.21 bits per heavy atom. The molecule has 2 N–H and O–H groups in total. The number of aromatic nitrogens is 4. The minimum absolute atomic E-state index is 0.0176. The molecule has 0 bridgehead atoms. The van der Waals surface area contributed by atoms with Gasteiger partial charge in [-0.25, -0.2) is 9.97 Å². The zero-order valence-corrected chi connectivity index (χ0v) is 23.3. The molecule has 206 valence electrons. The Morgan fingerprint density at radius 3 is 2.74 bits per heavy atom. The summed E-state index contributed by atoms with van der Waals surface area (Å²) >= 11 is 0. The molecule has 39 heavy (non-hydrogen) atoms. The highest BCUT2D eigenvalue weighted by Gasteiger charge is 2.41. The molecule has 1 saturated carbocycles. The van der Waals surface area contributed by atoms with Crippen LogP contribution in [0.3, 0.4) is 0 Å². The van der Waals surface area contributed by atoms with E-state index in [-0.39, 0.29) is 17.6 Å². The number of hydrogen-bond donors (Lipinski definition) is 1. The average Bonchev–Trinajstić information content (AvgIpc) is 3.49. The first-order valence-electron chi connectivity index (χ1n) is 14.0. The third-order valence-corrected chi connectivity index (χ3v) is 8.59. The van der Waals surface area contributed by atoms with Crippen molar-refractivity contribution in [1.82, 2.24) is 24.0 Å². The first kappa shape index (κ1) is 25.8. The van der Waals surface area contributed by atoms with Gasteiger partial charge in [0, 0.05) is 56.5 Å². The van der Waals surface area contributed by atoms with Crippen LogP contribution < -0.4 is 10.5 Å². The molecule has 4 heterocycles. The first-order valence-corrected chi connectivity index (χ1v) is 14.0. The lowest BCUT2D eigenvalue weighted by molar-refractivity contribution is -0.0937. The third-order valence-electron chi connectivity index (χ3n) is 8.59. The van der Waals surface area contributed by atoms with Crippen molar-refractivity contribution in [3.05, 3.63) is 42.1 Å². The van der Waals surface area contributed by atoms with Crippen LogP contribution in [-0.2, 0) is 17.8 Å². The van der Waals surface area contributed by atoms with Crippen LogP contribution in [0.25, 0.3) is 33.6 Å². The minimum atomic E-state index is -0.0809. The number of pyridine rings is 1. The fourth-order valence-electron chi connectivity index (χ4n) is 6.57. The zero-order chi connectivity index (χ0) is 27.3. The highest BCUT2D eigenvalue weighted by Crippen LogP contribution is 2.43. The normalized spacial score (nSPS) is 23.4. The Morgan fingerprint density at radius 2 is 2.03 bits per heavy atom. The van der Waals surface area contributed by atoms with E-state index in [1.54, 1.807) is 14.2 Å². The summed E-state index contributed by atoms with van der Waals surface area (Å²) in [6.45, 7) is 7.14. The van der Waals surface area contributed by atoms with Crippen molar-refractivity contribution in [2.75, 3.05) is 27.3 Å². The number of likely N-dealkylation sites (tertiary alicyclic amines) is 1. The van der Waals surface area contributed by atoms with Gasteiger partial charge in [-0.3, -0.25) is 4.79 Å². The van der Waals surface area contributed by atoms with Gasteiger partial charge in [0.05, 0.1) is 23.9 Å². The van der Waals surface area contributed by atoms with E-state index >= 15 is 0 Å². The van der Waals surface area contributed by atoms with Crippen LogP contribution >= 0.6 is 0 Å². The Hall–Kier alpha value is -3.43. The summed E-state index contributed by atoms with van der Waals surface area (Å²) in [5.74, 6) is 1.94. The number of nitrogens with two attached hydrogens (primary N) is 1. The monoisotopic (exact) mass is 530 g/mol. The quantitative estimate of drug-likeness (QED) is 0.379. The summed E-state index contributed by atoms with van der Waals surface area (Å²) in [6.07, 6.45) is 5.66. The van der Waals surface area contributed by atoms with E-state index in [0.717, 1.165) is 78.9 Å². The summed E-state index contributed by atoms with van der Waals surface area (Å²) in [7, 11) is 3.45. The molecule has 0 spiro atoms. The molecule has 0 unspecified atom stereocenters. The molecule has 1 saturated heterocycles. The number of hydrogen-bond acceptors (Lipinski definition) is 6. The number of fused-ring (bicyclic) bond motifs is 2. The van der Waals surface area contributed by atoms with Crippen molar-refractivity contribution in [2.24, 2.45) is 11.7 Å². The Labute approximate surface area is 228 Å². The largest absolute Gasteiger partial charge is 0.494 e.